The SMILES string of the molecule is Cc1nn(C)c2ccc([C@@H](C)N[S+]([O-])C(C)(C)C)cc12. The molecule has 2 aromatic rings. The summed E-state index contributed by atoms with van der Waals surface area (Å²) in [4.78, 5) is 0. The van der Waals surface area contributed by atoms with Gasteiger partial charge in [-0.25, -0.2) is 0 Å². The Labute approximate surface area is 123 Å². The normalized spacial score (nSPS) is 15.6. The lowest BCUT2D eigenvalue weighted by Gasteiger charge is -2.26. The van der Waals surface area contributed by atoms with Gasteiger partial charge in [-0.1, -0.05) is 6.07 Å². The fourth-order valence-electron chi connectivity index (χ4n) is 2.13. The molecule has 0 saturated heterocycles. The van der Waals surface area contributed by atoms with Crippen LogP contribution in [-0.4, -0.2) is 19.1 Å². The molecule has 0 aliphatic rings. The van der Waals surface area contributed by atoms with Crippen LogP contribution in [0.2, 0.25) is 0 Å². The Balaban J connectivity index is 2.27. The summed E-state index contributed by atoms with van der Waals surface area (Å²) in [6.45, 7) is 9.96. The monoisotopic (exact) mass is 293 g/mol. The van der Waals surface area contributed by atoms with Gasteiger partial charge in [0.1, 0.15) is 4.75 Å². The summed E-state index contributed by atoms with van der Waals surface area (Å²) >= 11 is -1.07. The van der Waals surface area contributed by atoms with Crippen molar-refractivity contribution >= 4 is 22.3 Å². The average Bonchev–Trinajstić information content (AvgIpc) is 2.63. The van der Waals surface area contributed by atoms with Gasteiger partial charge in [-0.2, -0.15) is 5.10 Å². The number of hydrogen-bond donors (Lipinski definition) is 1. The fourth-order valence-corrected chi connectivity index (χ4v) is 2.94. The Hall–Kier alpha value is -1.04. The van der Waals surface area contributed by atoms with E-state index in [2.05, 4.69) is 28.0 Å². The third kappa shape index (κ3) is 3.00. The molecule has 110 valence electrons. The smallest absolute Gasteiger partial charge is 0.136 e. The summed E-state index contributed by atoms with van der Waals surface area (Å²) in [6, 6.07) is 6.32. The summed E-state index contributed by atoms with van der Waals surface area (Å²) in [5, 5.41) is 5.58. The molecule has 1 unspecified atom stereocenters. The molecule has 1 N–H and O–H groups in total. The van der Waals surface area contributed by atoms with Crippen LogP contribution in [0.5, 0.6) is 0 Å². The number of aromatic nitrogens is 2. The topological polar surface area (TPSA) is 52.9 Å². The van der Waals surface area contributed by atoms with E-state index in [1.807, 2.05) is 46.3 Å². The van der Waals surface area contributed by atoms with Gasteiger partial charge in [0.15, 0.2) is 0 Å². The van der Waals surface area contributed by atoms with Crippen LogP contribution in [0.3, 0.4) is 0 Å². The molecule has 2 atom stereocenters. The summed E-state index contributed by atoms with van der Waals surface area (Å²) in [5.41, 5.74) is 3.27. The van der Waals surface area contributed by atoms with Gasteiger partial charge in [0.2, 0.25) is 0 Å². The van der Waals surface area contributed by atoms with E-state index < -0.39 is 11.4 Å². The molecule has 20 heavy (non-hydrogen) atoms. The molecule has 0 aliphatic heterocycles. The van der Waals surface area contributed by atoms with Crippen LogP contribution < -0.4 is 4.72 Å². The van der Waals surface area contributed by atoms with E-state index in [1.165, 1.54) is 0 Å². The van der Waals surface area contributed by atoms with E-state index >= 15 is 0 Å². The summed E-state index contributed by atoms with van der Waals surface area (Å²) in [7, 11) is 1.95. The molecule has 1 heterocycles. The van der Waals surface area contributed by atoms with Crippen molar-refractivity contribution in [1.29, 1.82) is 0 Å². The highest BCUT2D eigenvalue weighted by Crippen LogP contribution is 2.24. The molecular formula is C15H23N3OS. The van der Waals surface area contributed by atoms with Gasteiger partial charge in [0, 0.05) is 23.8 Å². The molecule has 0 aliphatic carbocycles. The number of nitrogens with zero attached hydrogens (tertiary/aromatic N) is 2. The van der Waals surface area contributed by atoms with Crippen molar-refractivity contribution in [2.45, 2.75) is 45.4 Å². The minimum absolute atomic E-state index is 0.0408. The van der Waals surface area contributed by atoms with E-state index in [-0.39, 0.29) is 10.8 Å². The molecule has 0 fully saturated rings. The van der Waals surface area contributed by atoms with Gasteiger partial charge >= 0.3 is 0 Å². The molecular weight excluding hydrogens is 270 g/mol. The van der Waals surface area contributed by atoms with E-state index in [0.717, 1.165) is 22.2 Å². The standard InChI is InChI=1S/C15H23N3OS/c1-10(17-20(19)15(3,4)5)12-7-8-14-13(9-12)11(2)16-18(14)6/h7-10,17H,1-6H3/t10-,20?/m1/s1. The molecule has 1 aromatic carbocycles. The first-order valence-electron chi connectivity index (χ1n) is 6.81. The largest absolute Gasteiger partial charge is 0.598 e. The van der Waals surface area contributed by atoms with Crippen LogP contribution in [0, 0.1) is 6.92 Å². The predicted octanol–water partition coefficient (Wildman–Crippen LogP) is 2.99. The minimum atomic E-state index is -1.07. The zero-order valence-electron chi connectivity index (χ0n) is 13.0. The molecule has 4 nitrogen and oxygen atoms in total. The number of fused-ring (bicyclic) bond motifs is 1. The van der Waals surface area contributed by atoms with Crippen molar-refractivity contribution in [3.05, 3.63) is 29.5 Å². The van der Waals surface area contributed by atoms with Crippen LogP contribution in [-0.2, 0) is 18.4 Å². The minimum Gasteiger partial charge on any atom is -0.598 e. The van der Waals surface area contributed by atoms with Crippen molar-refractivity contribution in [2.24, 2.45) is 7.05 Å². The van der Waals surface area contributed by atoms with Crippen molar-refractivity contribution < 1.29 is 4.55 Å². The van der Waals surface area contributed by atoms with Gasteiger partial charge in [0.25, 0.3) is 0 Å². The van der Waals surface area contributed by atoms with E-state index in [4.69, 9.17) is 0 Å². The van der Waals surface area contributed by atoms with Gasteiger partial charge in [0.05, 0.1) is 17.3 Å². The number of benzene rings is 1. The Morgan fingerprint density at radius 2 is 2.00 bits per heavy atom. The maximum atomic E-state index is 12.2. The number of nitrogens with one attached hydrogen (secondary N) is 1. The second-order valence-electron chi connectivity index (χ2n) is 6.21. The first-order valence-corrected chi connectivity index (χ1v) is 7.96. The Morgan fingerprint density at radius 1 is 1.35 bits per heavy atom. The molecule has 0 saturated carbocycles. The van der Waals surface area contributed by atoms with E-state index in [9.17, 15) is 4.55 Å². The van der Waals surface area contributed by atoms with Crippen LogP contribution in [0.1, 0.15) is 45.0 Å². The number of rotatable bonds is 3. The Bertz CT molecular complexity index is 615. The first kappa shape index (κ1) is 15.4. The number of hydrogen-bond acceptors (Lipinski definition) is 3. The third-order valence-electron chi connectivity index (χ3n) is 3.40. The fraction of sp³-hybridized carbons (Fsp3) is 0.533. The Morgan fingerprint density at radius 3 is 2.60 bits per heavy atom. The van der Waals surface area contributed by atoms with Crippen LogP contribution in [0.4, 0.5) is 0 Å². The molecule has 0 spiro atoms. The van der Waals surface area contributed by atoms with Crippen LogP contribution >= 0.6 is 0 Å². The van der Waals surface area contributed by atoms with Gasteiger partial charge in [-0.15, -0.1) is 4.72 Å². The van der Waals surface area contributed by atoms with Crippen LogP contribution in [0.25, 0.3) is 10.9 Å². The molecule has 0 amide bonds. The zero-order chi connectivity index (χ0) is 15.1. The molecule has 1 aromatic heterocycles. The van der Waals surface area contributed by atoms with E-state index in [0.29, 0.717) is 0 Å². The van der Waals surface area contributed by atoms with Gasteiger partial charge in [-0.05, 0) is 52.3 Å². The molecule has 0 radical (unpaired) electrons. The van der Waals surface area contributed by atoms with Crippen molar-refractivity contribution in [1.82, 2.24) is 14.5 Å². The highest BCUT2D eigenvalue weighted by atomic mass is 32.2. The second kappa shape index (κ2) is 5.39. The highest BCUT2D eigenvalue weighted by molar-refractivity contribution is 7.90. The first-order chi connectivity index (χ1) is 9.20. The quantitative estimate of drug-likeness (QED) is 0.885. The van der Waals surface area contributed by atoms with Gasteiger partial charge < -0.3 is 4.55 Å². The lowest BCUT2D eigenvalue weighted by Crippen LogP contribution is -2.40. The van der Waals surface area contributed by atoms with E-state index in [1.54, 1.807) is 0 Å². The lowest BCUT2D eigenvalue weighted by molar-refractivity contribution is 0.531. The lowest BCUT2D eigenvalue weighted by atomic mass is 10.1. The van der Waals surface area contributed by atoms with Gasteiger partial charge in [-0.3, -0.25) is 4.68 Å². The van der Waals surface area contributed by atoms with Crippen molar-refractivity contribution in [2.75, 3.05) is 0 Å². The maximum Gasteiger partial charge on any atom is 0.136 e. The Kier molecular flexibility index (Phi) is 4.14. The second-order valence-corrected chi connectivity index (χ2v) is 8.20. The van der Waals surface area contributed by atoms with Crippen LogP contribution in [0.15, 0.2) is 18.2 Å². The average molecular weight is 293 g/mol. The zero-order valence-corrected chi connectivity index (χ0v) is 13.8. The number of aryl methyl sites for hydroxylation is 2. The van der Waals surface area contributed by atoms with Crippen molar-refractivity contribution in [3.63, 3.8) is 0 Å². The highest BCUT2D eigenvalue weighted by Gasteiger charge is 2.28. The maximum absolute atomic E-state index is 12.2. The molecule has 2 rings (SSSR count). The summed E-state index contributed by atoms with van der Waals surface area (Å²) in [5.74, 6) is 0. The molecule has 0 bridgehead atoms. The van der Waals surface area contributed by atoms with Crippen molar-refractivity contribution in [3.8, 4) is 0 Å². The molecule has 5 heteroatoms. The summed E-state index contributed by atoms with van der Waals surface area (Å²) < 4.78 is 17.0. The summed E-state index contributed by atoms with van der Waals surface area (Å²) in [6.07, 6.45) is 0. The predicted molar refractivity (Wildman–Crippen MR) is 84.9 cm³/mol. The third-order valence-corrected chi connectivity index (χ3v) is 5.08.